The maximum Gasteiger partial charge on any atom is 0.271 e. The van der Waals surface area contributed by atoms with Crippen LogP contribution in [-0.4, -0.2) is 25.8 Å². The van der Waals surface area contributed by atoms with Crippen molar-refractivity contribution in [1.29, 1.82) is 0 Å². The molecule has 0 fully saturated rings. The second-order valence-electron chi connectivity index (χ2n) is 6.13. The molecule has 8 nitrogen and oxygen atoms in total. The largest absolute Gasteiger partial charge is 0.340 e. The Bertz CT molecular complexity index is 1140. The maximum atomic E-state index is 12.7. The van der Waals surface area contributed by atoms with Gasteiger partial charge < -0.3 is 10.3 Å². The number of fused-ring (bicyclic) bond motifs is 1. The molecule has 0 spiro atoms. The Kier molecular flexibility index (Phi) is 4.51. The molecule has 0 aliphatic heterocycles. The lowest BCUT2D eigenvalue weighted by molar-refractivity contribution is -0.384. The normalized spacial score (nSPS) is 11.9. The highest BCUT2D eigenvalue weighted by Gasteiger charge is 2.22. The van der Waals surface area contributed by atoms with E-state index in [9.17, 15) is 14.9 Å². The molecule has 0 saturated carbocycles. The monoisotopic (exact) mass is 373 g/mol. The molecule has 0 saturated heterocycles. The molecule has 2 heterocycles. The van der Waals surface area contributed by atoms with Crippen LogP contribution in [-0.2, 0) is 0 Å². The number of imidazole rings is 1. The molecule has 0 radical (unpaired) electrons. The SMILES string of the molecule is O=C(NC(c1ccccc1)c1nc2ccc([N+](=O)[O-])cc2[nH]1)c1ccncc1. The third kappa shape index (κ3) is 3.43. The Labute approximate surface area is 159 Å². The lowest BCUT2D eigenvalue weighted by Gasteiger charge is -2.17. The summed E-state index contributed by atoms with van der Waals surface area (Å²) in [6.07, 6.45) is 3.10. The van der Waals surface area contributed by atoms with Gasteiger partial charge in [-0.05, 0) is 23.8 Å². The average molecular weight is 373 g/mol. The van der Waals surface area contributed by atoms with Crippen molar-refractivity contribution >= 4 is 22.6 Å². The van der Waals surface area contributed by atoms with Crippen LogP contribution in [0.25, 0.3) is 11.0 Å². The zero-order valence-corrected chi connectivity index (χ0v) is 14.6. The van der Waals surface area contributed by atoms with Crippen molar-refractivity contribution in [3.63, 3.8) is 0 Å². The Morgan fingerprint density at radius 2 is 1.82 bits per heavy atom. The van der Waals surface area contributed by atoms with Crippen molar-refractivity contribution < 1.29 is 9.72 Å². The first-order chi connectivity index (χ1) is 13.6. The van der Waals surface area contributed by atoms with E-state index < -0.39 is 11.0 Å². The van der Waals surface area contributed by atoms with Crippen LogP contribution in [0.4, 0.5) is 5.69 Å². The van der Waals surface area contributed by atoms with Crippen LogP contribution >= 0.6 is 0 Å². The van der Waals surface area contributed by atoms with Gasteiger partial charge >= 0.3 is 0 Å². The molecule has 4 aromatic rings. The molecule has 138 valence electrons. The lowest BCUT2D eigenvalue weighted by Crippen LogP contribution is -2.30. The fourth-order valence-corrected chi connectivity index (χ4v) is 2.94. The van der Waals surface area contributed by atoms with Gasteiger partial charge in [-0.1, -0.05) is 30.3 Å². The van der Waals surface area contributed by atoms with Crippen LogP contribution in [0.5, 0.6) is 0 Å². The summed E-state index contributed by atoms with van der Waals surface area (Å²) < 4.78 is 0. The number of aromatic nitrogens is 3. The molecule has 4 rings (SSSR count). The molecule has 2 aromatic carbocycles. The van der Waals surface area contributed by atoms with E-state index in [-0.39, 0.29) is 11.6 Å². The zero-order valence-electron chi connectivity index (χ0n) is 14.6. The van der Waals surface area contributed by atoms with Crippen molar-refractivity contribution in [3.8, 4) is 0 Å². The minimum Gasteiger partial charge on any atom is -0.340 e. The topological polar surface area (TPSA) is 114 Å². The molecule has 1 unspecified atom stereocenters. The van der Waals surface area contributed by atoms with Crippen LogP contribution in [0.2, 0.25) is 0 Å². The summed E-state index contributed by atoms with van der Waals surface area (Å²) >= 11 is 0. The van der Waals surface area contributed by atoms with Gasteiger partial charge in [-0.15, -0.1) is 0 Å². The number of benzene rings is 2. The number of carbonyl (C=O) groups excluding carboxylic acids is 1. The first-order valence-electron chi connectivity index (χ1n) is 8.52. The maximum absolute atomic E-state index is 12.7. The van der Waals surface area contributed by atoms with Crippen LogP contribution in [0.1, 0.15) is 27.8 Å². The number of hydrogen-bond donors (Lipinski definition) is 2. The van der Waals surface area contributed by atoms with E-state index in [0.29, 0.717) is 22.4 Å². The minimum absolute atomic E-state index is 0.0280. The fourth-order valence-electron chi connectivity index (χ4n) is 2.94. The molecule has 2 aromatic heterocycles. The summed E-state index contributed by atoms with van der Waals surface area (Å²) in [5.74, 6) is 0.215. The Morgan fingerprint density at radius 1 is 1.07 bits per heavy atom. The zero-order chi connectivity index (χ0) is 19.5. The molecule has 0 bridgehead atoms. The van der Waals surface area contributed by atoms with Crippen LogP contribution in [0.3, 0.4) is 0 Å². The number of amides is 1. The van der Waals surface area contributed by atoms with E-state index in [2.05, 4.69) is 20.3 Å². The summed E-state index contributed by atoms with van der Waals surface area (Å²) in [7, 11) is 0. The molecule has 8 heteroatoms. The van der Waals surface area contributed by atoms with E-state index in [4.69, 9.17) is 0 Å². The molecule has 0 aliphatic rings. The standard InChI is InChI=1S/C20H15N5O3/c26-20(14-8-10-21-11-9-14)24-18(13-4-2-1-3-5-13)19-22-16-7-6-15(25(27)28)12-17(16)23-19/h1-12,18H,(H,22,23)(H,24,26). The summed E-state index contributed by atoms with van der Waals surface area (Å²) in [6, 6.07) is 16.5. The van der Waals surface area contributed by atoms with Crippen molar-refractivity contribution in [2.45, 2.75) is 6.04 Å². The minimum atomic E-state index is -0.548. The van der Waals surface area contributed by atoms with Gasteiger partial charge in [-0.25, -0.2) is 4.98 Å². The number of nitrogens with one attached hydrogen (secondary N) is 2. The van der Waals surface area contributed by atoms with Crippen LogP contribution in [0, 0.1) is 10.1 Å². The first kappa shape index (κ1) is 17.3. The average Bonchev–Trinajstić information content (AvgIpc) is 3.16. The summed E-state index contributed by atoms with van der Waals surface area (Å²) in [6.45, 7) is 0. The highest BCUT2D eigenvalue weighted by atomic mass is 16.6. The second-order valence-corrected chi connectivity index (χ2v) is 6.13. The van der Waals surface area contributed by atoms with E-state index in [1.54, 1.807) is 30.6 Å². The number of carbonyl (C=O) groups is 1. The molecule has 1 atom stereocenters. The van der Waals surface area contributed by atoms with Crippen molar-refractivity contribution in [2.24, 2.45) is 0 Å². The Balaban J connectivity index is 1.74. The molecule has 0 aliphatic carbocycles. The number of hydrogen-bond acceptors (Lipinski definition) is 5. The summed E-state index contributed by atoms with van der Waals surface area (Å²) in [5.41, 5.74) is 2.39. The third-order valence-electron chi connectivity index (χ3n) is 4.32. The van der Waals surface area contributed by atoms with E-state index in [0.717, 1.165) is 5.56 Å². The summed E-state index contributed by atoms with van der Waals surface area (Å²) in [4.78, 5) is 34.8. The molecular weight excluding hydrogens is 358 g/mol. The van der Waals surface area contributed by atoms with Gasteiger partial charge in [0.05, 0.1) is 16.0 Å². The van der Waals surface area contributed by atoms with Crippen LogP contribution in [0.15, 0.2) is 73.1 Å². The lowest BCUT2D eigenvalue weighted by atomic mass is 10.1. The van der Waals surface area contributed by atoms with Gasteiger partial charge in [0.25, 0.3) is 11.6 Å². The van der Waals surface area contributed by atoms with Gasteiger partial charge in [0, 0.05) is 30.1 Å². The van der Waals surface area contributed by atoms with Gasteiger partial charge in [0.2, 0.25) is 0 Å². The Morgan fingerprint density at radius 3 is 2.54 bits per heavy atom. The highest BCUT2D eigenvalue weighted by Crippen LogP contribution is 2.25. The summed E-state index contributed by atoms with van der Waals surface area (Å²) in [5, 5.41) is 14.0. The predicted octanol–water partition coefficient (Wildman–Crippen LogP) is 3.39. The number of nitro benzene ring substituents is 1. The molecular formula is C20H15N5O3. The van der Waals surface area contributed by atoms with Crippen molar-refractivity contribution in [2.75, 3.05) is 0 Å². The predicted molar refractivity (Wildman–Crippen MR) is 103 cm³/mol. The highest BCUT2D eigenvalue weighted by molar-refractivity contribution is 5.94. The molecule has 1 amide bonds. The van der Waals surface area contributed by atoms with E-state index >= 15 is 0 Å². The third-order valence-corrected chi connectivity index (χ3v) is 4.32. The Hall–Kier alpha value is -4.07. The number of rotatable bonds is 5. The van der Waals surface area contributed by atoms with E-state index in [1.165, 1.54) is 12.1 Å². The first-order valence-corrected chi connectivity index (χ1v) is 8.52. The second kappa shape index (κ2) is 7.28. The number of non-ortho nitro benzene ring substituents is 1. The van der Waals surface area contributed by atoms with E-state index in [1.807, 2.05) is 30.3 Å². The van der Waals surface area contributed by atoms with Crippen molar-refractivity contribution in [3.05, 3.63) is 100 Å². The van der Waals surface area contributed by atoms with Gasteiger partial charge in [0.15, 0.2) is 0 Å². The molecule has 28 heavy (non-hydrogen) atoms. The quantitative estimate of drug-likeness (QED) is 0.411. The number of nitrogens with zero attached hydrogens (tertiary/aromatic N) is 3. The fraction of sp³-hybridized carbons (Fsp3) is 0.0500. The number of H-pyrrole nitrogens is 1. The number of aromatic amines is 1. The number of pyridine rings is 1. The van der Waals surface area contributed by atoms with Gasteiger partial charge in [-0.3, -0.25) is 19.9 Å². The van der Waals surface area contributed by atoms with Gasteiger partial charge in [-0.2, -0.15) is 0 Å². The van der Waals surface area contributed by atoms with Crippen molar-refractivity contribution in [1.82, 2.24) is 20.3 Å². The number of nitro groups is 1. The van der Waals surface area contributed by atoms with Crippen LogP contribution < -0.4 is 5.32 Å². The smallest absolute Gasteiger partial charge is 0.271 e. The molecule has 2 N–H and O–H groups in total. The van der Waals surface area contributed by atoms with Gasteiger partial charge in [0.1, 0.15) is 11.9 Å².